The second-order valence-electron chi connectivity index (χ2n) is 3.48. The van der Waals surface area contributed by atoms with Crippen LogP contribution in [0.4, 0.5) is 0 Å². The number of rotatable bonds is 4. The quantitative estimate of drug-likeness (QED) is 0.485. The van der Waals surface area contributed by atoms with E-state index in [2.05, 4.69) is 16.5 Å². The Labute approximate surface area is 115 Å². The number of nitrogens with zero attached hydrogens (tertiary/aromatic N) is 2. The number of hydrogen-bond donors (Lipinski definition) is 0. The zero-order chi connectivity index (χ0) is 13.1. The molecule has 1 aliphatic heterocycles. The summed E-state index contributed by atoms with van der Waals surface area (Å²) in [5.74, 6) is 0.359. The highest BCUT2D eigenvalue weighted by atomic mass is 35.5. The van der Waals surface area contributed by atoms with Crippen LogP contribution >= 0.6 is 23.2 Å². The summed E-state index contributed by atoms with van der Waals surface area (Å²) in [4.78, 5) is 7.97. The van der Waals surface area contributed by atoms with Gasteiger partial charge in [-0.1, -0.05) is 18.2 Å². The van der Waals surface area contributed by atoms with Crippen molar-refractivity contribution in [3.63, 3.8) is 0 Å². The molecule has 2 rings (SSSR count). The van der Waals surface area contributed by atoms with Gasteiger partial charge in [-0.25, -0.2) is 9.97 Å². The highest BCUT2D eigenvalue weighted by Crippen LogP contribution is 2.34. The van der Waals surface area contributed by atoms with Crippen LogP contribution in [0.1, 0.15) is 24.5 Å². The van der Waals surface area contributed by atoms with Crippen LogP contribution in [0.2, 0.25) is 10.4 Å². The molecule has 0 radical (unpaired) electrons. The number of aromatic nitrogens is 2. The minimum Gasteiger partial charge on any atom is -0.492 e. The largest absolute Gasteiger partial charge is 0.492 e. The Morgan fingerprint density at radius 1 is 1.39 bits per heavy atom. The van der Waals surface area contributed by atoms with E-state index in [1.807, 2.05) is 6.92 Å². The van der Waals surface area contributed by atoms with Crippen molar-refractivity contribution in [3.8, 4) is 0 Å². The van der Waals surface area contributed by atoms with Crippen molar-refractivity contribution >= 4 is 29.0 Å². The van der Waals surface area contributed by atoms with Crippen LogP contribution < -0.4 is 0 Å². The van der Waals surface area contributed by atoms with Crippen molar-refractivity contribution in [2.24, 2.45) is 0 Å². The second kappa shape index (κ2) is 5.84. The van der Waals surface area contributed by atoms with Crippen LogP contribution in [-0.2, 0) is 14.2 Å². The monoisotopic (exact) mass is 290 g/mol. The van der Waals surface area contributed by atoms with E-state index in [1.165, 1.54) is 0 Å². The molecule has 0 amide bonds. The number of ether oxygens (including phenoxy) is 3. The lowest BCUT2D eigenvalue weighted by Crippen LogP contribution is -2.09. The molecule has 7 heteroatoms. The standard InChI is InChI=1S/C11H12Cl2N2O3/c1-3-16-6(2)8-7(10-17-4-5-18-10)9(12)15-11(13)14-8/h10H,2-5H2,1H3. The van der Waals surface area contributed by atoms with E-state index >= 15 is 0 Å². The van der Waals surface area contributed by atoms with Crippen molar-refractivity contribution in [1.82, 2.24) is 9.97 Å². The number of hydrogen-bond acceptors (Lipinski definition) is 5. The third kappa shape index (κ3) is 2.75. The summed E-state index contributed by atoms with van der Waals surface area (Å²) in [6.45, 7) is 7.08. The SMILES string of the molecule is C=C(OCC)c1nc(Cl)nc(Cl)c1C1OCCO1. The maximum Gasteiger partial charge on any atom is 0.224 e. The van der Waals surface area contributed by atoms with E-state index in [-0.39, 0.29) is 10.4 Å². The molecule has 0 saturated carbocycles. The highest BCUT2D eigenvalue weighted by Gasteiger charge is 2.28. The Morgan fingerprint density at radius 3 is 2.67 bits per heavy atom. The van der Waals surface area contributed by atoms with Crippen LogP contribution in [-0.4, -0.2) is 29.8 Å². The van der Waals surface area contributed by atoms with Crippen LogP contribution in [0.25, 0.3) is 5.76 Å². The van der Waals surface area contributed by atoms with Gasteiger partial charge in [0, 0.05) is 0 Å². The predicted octanol–water partition coefficient (Wildman–Crippen LogP) is 2.84. The summed E-state index contributed by atoms with van der Waals surface area (Å²) < 4.78 is 16.1. The lowest BCUT2D eigenvalue weighted by molar-refractivity contribution is -0.0448. The molecule has 1 aromatic heterocycles. The van der Waals surface area contributed by atoms with Gasteiger partial charge in [-0.05, 0) is 18.5 Å². The average Bonchev–Trinajstić information content (AvgIpc) is 2.81. The fraction of sp³-hybridized carbons (Fsp3) is 0.455. The fourth-order valence-electron chi connectivity index (χ4n) is 1.61. The Morgan fingerprint density at radius 2 is 2.06 bits per heavy atom. The molecule has 0 bridgehead atoms. The van der Waals surface area contributed by atoms with Crippen LogP contribution in [0.5, 0.6) is 0 Å². The Balaban J connectivity index is 2.44. The van der Waals surface area contributed by atoms with E-state index < -0.39 is 6.29 Å². The first-order chi connectivity index (χ1) is 8.63. The summed E-state index contributed by atoms with van der Waals surface area (Å²) >= 11 is 11.9. The summed E-state index contributed by atoms with van der Waals surface area (Å²) in [6, 6.07) is 0. The van der Waals surface area contributed by atoms with E-state index in [9.17, 15) is 0 Å². The third-order valence-corrected chi connectivity index (χ3v) is 2.77. The van der Waals surface area contributed by atoms with Crippen LogP contribution in [0.3, 0.4) is 0 Å². The highest BCUT2D eigenvalue weighted by molar-refractivity contribution is 6.32. The number of halogens is 2. The van der Waals surface area contributed by atoms with Crippen LogP contribution in [0, 0.1) is 0 Å². The maximum absolute atomic E-state index is 6.07. The zero-order valence-corrected chi connectivity index (χ0v) is 11.3. The molecule has 0 atom stereocenters. The first kappa shape index (κ1) is 13.5. The molecule has 1 aliphatic rings. The minimum atomic E-state index is -0.609. The van der Waals surface area contributed by atoms with Gasteiger partial charge >= 0.3 is 0 Å². The van der Waals surface area contributed by atoms with E-state index in [4.69, 9.17) is 37.4 Å². The maximum atomic E-state index is 6.07. The van der Waals surface area contributed by atoms with Gasteiger partial charge < -0.3 is 14.2 Å². The normalized spacial score (nSPS) is 15.9. The van der Waals surface area contributed by atoms with Crippen molar-refractivity contribution in [2.75, 3.05) is 19.8 Å². The zero-order valence-electron chi connectivity index (χ0n) is 9.78. The molecule has 2 heterocycles. The van der Waals surface area contributed by atoms with Gasteiger partial charge in [0.1, 0.15) is 16.6 Å². The first-order valence-corrected chi connectivity index (χ1v) is 6.17. The van der Waals surface area contributed by atoms with Gasteiger partial charge in [-0.15, -0.1) is 0 Å². The molecule has 0 aliphatic carbocycles. The smallest absolute Gasteiger partial charge is 0.224 e. The van der Waals surface area contributed by atoms with Gasteiger partial charge in [-0.2, -0.15) is 0 Å². The molecule has 0 N–H and O–H groups in total. The summed E-state index contributed by atoms with van der Waals surface area (Å²) in [7, 11) is 0. The van der Waals surface area contributed by atoms with Crippen molar-refractivity contribution in [1.29, 1.82) is 0 Å². The van der Waals surface area contributed by atoms with E-state index in [1.54, 1.807) is 0 Å². The third-order valence-electron chi connectivity index (χ3n) is 2.31. The first-order valence-electron chi connectivity index (χ1n) is 5.41. The molecular weight excluding hydrogens is 279 g/mol. The molecule has 1 aromatic rings. The molecular formula is C11H12Cl2N2O3. The Kier molecular flexibility index (Phi) is 4.40. The summed E-state index contributed by atoms with van der Waals surface area (Å²) in [5.41, 5.74) is 0.908. The van der Waals surface area contributed by atoms with Gasteiger partial charge in [0.15, 0.2) is 6.29 Å². The Hall–Kier alpha value is -0.880. The molecule has 0 aromatic carbocycles. The molecule has 98 valence electrons. The summed E-state index contributed by atoms with van der Waals surface area (Å²) in [6.07, 6.45) is -0.609. The predicted molar refractivity (Wildman–Crippen MR) is 67.4 cm³/mol. The van der Waals surface area contributed by atoms with E-state index in [0.717, 1.165) is 0 Å². The van der Waals surface area contributed by atoms with Crippen molar-refractivity contribution in [2.45, 2.75) is 13.2 Å². The van der Waals surface area contributed by atoms with E-state index in [0.29, 0.717) is 36.8 Å². The lowest BCUT2D eigenvalue weighted by Gasteiger charge is -2.16. The van der Waals surface area contributed by atoms with Crippen LogP contribution in [0.15, 0.2) is 6.58 Å². The molecule has 1 saturated heterocycles. The molecule has 0 spiro atoms. The van der Waals surface area contributed by atoms with Gasteiger partial charge in [-0.3, -0.25) is 0 Å². The topological polar surface area (TPSA) is 53.5 Å². The molecule has 0 unspecified atom stereocenters. The second-order valence-corrected chi connectivity index (χ2v) is 4.17. The fourth-order valence-corrected chi connectivity index (χ4v) is 2.08. The lowest BCUT2D eigenvalue weighted by atomic mass is 10.2. The van der Waals surface area contributed by atoms with Crippen molar-refractivity contribution < 1.29 is 14.2 Å². The van der Waals surface area contributed by atoms with Gasteiger partial charge in [0.2, 0.25) is 5.28 Å². The molecule has 18 heavy (non-hydrogen) atoms. The molecule has 5 nitrogen and oxygen atoms in total. The summed E-state index contributed by atoms with van der Waals surface area (Å²) in [5, 5.41) is 0.204. The van der Waals surface area contributed by atoms with Gasteiger partial charge in [0.05, 0.1) is 25.4 Å². The Bertz CT molecular complexity index is 462. The average molecular weight is 291 g/mol. The molecule has 1 fully saturated rings. The van der Waals surface area contributed by atoms with Crippen molar-refractivity contribution in [3.05, 3.63) is 28.3 Å². The van der Waals surface area contributed by atoms with Gasteiger partial charge in [0.25, 0.3) is 0 Å². The minimum absolute atomic E-state index is 0.0256.